The molecule has 0 bridgehead atoms. The molecule has 0 aromatic rings. The summed E-state index contributed by atoms with van der Waals surface area (Å²) in [5.74, 6) is 0. The van der Waals surface area contributed by atoms with E-state index in [2.05, 4.69) is 32.6 Å². The summed E-state index contributed by atoms with van der Waals surface area (Å²) < 4.78 is 0. The van der Waals surface area contributed by atoms with Crippen molar-refractivity contribution in [3.05, 3.63) is 0 Å². The molecule has 0 radical (unpaired) electrons. The third-order valence-electron chi connectivity index (χ3n) is 6.92. The van der Waals surface area contributed by atoms with Crippen LogP contribution in [-0.2, 0) is 0 Å². The third-order valence-corrected chi connectivity index (χ3v) is 6.92. The molecular weight excluding hydrogens is 232 g/mol. The Morgan fingerprint density at radius 2 is 1.53 bits per heavy atom. The summed E-state index contributed by atoms with van der Waals surface area (Å²) in [6.45, 7) is 13.0. The van der Waals surface area contributed by atoms with Crippen LogP contribution in [0.25, 0.3) is 0 Å². The summed E-state index contributed by atoms with van der Waals surface area (Å²) in [4.78, 5) is 2.77. The largest absolute Gasteiger partial charge is 0.329 e. The average molecular weight is 266 g/mol. The van der Waals surface area contributed by atoms with E-state index < -0.39 is 0 Å². The molecule has 112 valence electrons. The van der Waals surface area contributed by atoms with E-state index in [0.29, 0.717) is 10.8 Å². The minimum absolute atomic E-state index is 0.278. The zero-order chi connectivity index (χ0) is 14.1. The molecule has 0 aromatic carbocycles. The van der Waals surface area contributed by atoms with Gasteiger partial charge in [0.05, 0.1) is 0 Å². The SMILES string of the molecule is CCC1(CC)CCN(C2(CN)CCCC2(C)C)CC1. The number of hydrogen-bond acceptors (Lipinski definition) is 2. The molecule has 2 aliphatic rings. The van der Waals surface area contributed by atoms with Crippen molar-refractivity contribution in [2.45, 2.75) is 78.2 Å². The van der Waals surface area contributed by atoms with Crippen LogP contribution in [0.4, 0.5) is 0 Å². The minimum Gasteiger partial charge on any atom is -0.329 e. The summed E-state index contributed by atoms with van der Waals surface area (Å²) in [5.41, 5.74) is 7.55. The van der Waals surface area contributed by atoms with E-state index in [-0.39, 0.29) is 5.54 Å². The fourth-order valence-corrected chi connectivity index (χ4v) is 4.85. The van der Waals surface area contributed by atoms with Gasteiger partial charge in [-0.1, -0.05) is 47.0 Å². The molecule has 19 heavy (non-hydrogen) atoms. The number of rotatable bonds is 4. The van der Waals surface area contributed by atoms with Crippen molar-refractivity contribution < 1.29 is 0 Å². The Labute approximate surface area is 120 Å². The monoisotopic (exact) mass is 266 g/mol. The van der Waals surface area contributed by atoms with Gasteiger partial charge in [-0.15, -0.1) is 0 Å². The van der Waals surface area contributed by atoms with E-state index in [4.69, 9.17) is 5.73 Å². The molecule has 1 atom stereocenters. The van der Waals surface area contributed by atoms with Crippen molar-refractivity contribution >= 4 is 0 Å². The van der Waals surface area contributed by atoms with Gasteiger partial charge in [0, 0.05) is 12.1 Å². The minimum atomic E-state index is 0.278. The second kappa shape index (κ2) is 5.37. The van der Waals surface area contributed by atoms with Gasteiger partial charge in [0.2, 0.25) is 0 Å². The van der Waals surface area contributed by atoms with E-state index in [9.17, 15) is 0 Å². The van der Waals surface area contributed by atoms with Gasteiger partial charge in [0.15, 0.2) is 0 Å². The second-order valence-electron chi connectivity index (χ2n) is 7.67. The molecule has 1 aliphatic carbocycles. The van der Waals surface area contributed by atoms with E-state index >= 15 is 0 Å². The number of nitrogens with zero attached hydrogens (tertiary/aromatic N) is 1. The van der Waals surface area contributed by atoms with Gasteiger partial charge in [-0.25, -0.2) is 0 Å². The summed E-state index contributed by atoms with van der Waals surface area (Å²) in [7, 11) is 0. The molecule has 2 N–H and O–H groups in total. The Bertz CT molecular complexity index is 296. The molecule has 1 aliphatic heterocycles. The van der Waals surface area contributed by atoms with Gasteiger partial charge in [-0.05, 0) is 49.6 Å². The van der Waals surface area contributed by atoms with E-state index in [1.54, 1.807) is 0 Å². The van der Waals surface area contributed by atoms with Gasteiger partial charge in [0.25, 0.3) is 0 Å². The highest BCUT2D eigenvalue weighted by molar-refractivity contribution is 5.08. The van der Waals surface area contributed by atoms with Crippen molar-refractivity contribution in [1.82, 2.24) is 4.90 Å². The lowest BCUT2D eigenvalue weighted by Gasteiger charge is -2.54. The van der Waals surface area contributed by atoms with Crippen molar-refractivity contribution in [3.63, 3.8) is 0 Å². The predicted molar refractivity (Wildman–Crippen MR) is 83.2 cm³/mol. The maximum atomic E-state index is 6.27. The Morgan fingerprint density at radius 1 is 0.947 bits per heavy atom. The highest BCUT2D eigenvalue weighted by atomic mass is 15.2. The summed E-state index contributed by atoms with van der Waals surface area (Å²) in [6.07, 6.45) is 9.44. The molecule has 2 fully saturated rings. The smallest absolute Gasteiger partial charge is 0.0382 e. The second-order valence-corrected chi connectivity index (χ2v) is 7.67. The average Bonchev–Trinajstić information content (AvgIpc) is 2.74. The van der Waals surface area contributed by atoms with Crippen LogP contribution in [0.1, 0.15) is 72.6 Å². The standard InChI is InChI=1S/C17H34N2/c1-5-16(6-2)10-12-19(13-11-16)17(14-18)9-7-8-15(17,3)4/h5-14,18H2,1-4H3. The van der Waals surface area contributed by atoms with Crippen LogP contribution in [0.15, 0.2) is 0 Å². The van der Waals surface area contributed by atoms with Crippen LogP contribution < -0.4 is 5.73 Å². The predicted octanol–water partition coefficient (Wildman–Crippen LogP) is 3.80. The molecule has 1 unspecified atom stereocenters. The van der Waals surface area contributed by atoms with Crippen LogP contribution >= 0.6 is 0 Å². The van der Waals surface area contributed by atoms with Crippen molar-refractivity contribution in [2.24, 2.45) is 16.6 Å². The molecule has 0 spiro atoms. The Morgan fingerprint density at radius 3 is 1.89 bits per heavy atom. The fourth-order valence-electron chi connectivity index (χ4n) is 4.85. The molecule has 1 saturated carbocycles. The lowest BCUT2D eigenvalue weighted by molar-refractivity contribution is -0.0324. The topological polar surface area (TPSA) is 29.3 Å². The number of likely N-dealkylation sites (tertiary alicyclic amines) is 1. The summed E-state index contributed by atoms with van der Waals surface area (Å²) >= 11 is 0. The lowest BCUT2D eigenvalue weighted by atomic mass is 9.69. The quantitative estimate of drug-likeness (QED) is 0.838. The first-order valence-electron chi connectivity index (χ1n) is 8.40. The molecule has 1 heterocycles. The van der Waals surface area contributed by atoms with Crippen LogP contribution in [0, 0.1) is 10.8 Å². The van der Waals surface area contributed by atoms with Crippen LogP contribution in [0.3, 0.4) is 0 Å². The molecule has 0 amide bonds. The van der Waals surface area contributed by atoms with Crippen molar-refractivity contribution in [1.29, 1.82) is 0 Å². The van der Waals surface area contributed by atoms with Crippen molar-refractivity contribution in [3.8, 4) is 0 Å². The van der Waals surface area contributed by atoms with Gasteiger partial charge in [0.1, 0.15) is 0 Å². The fraction of sp³-hybridized carbons (Fsp3) is 1.00. The molecule has 2 rings (SSSR count). The lowest BCUT2D eigenvalue weighted by Crippen LogP contribution is -2.62. The van der Waals surface area contributed by atoms with Gasteiger partial charge < -0.3 is 5.73 Å². The highest BCUT2D eigenvalue weighted by Crippen LogP contribution is 2.51. The van der Waals surface area contributed by atoms with E-state index in [0.717, 1.165) is 6.54 Å². The van der Waals surface area contributed by atoms with Gasteiger partial charge in [-0.2, -0.15) is 0 Å². The van der Waals surface area contributed by atoms with Crippen LogP contribution in [0.2, 0.25) is 0 Å². The van der Waals surface area contributed by atoms with Crippen LogP contribution in [0.5, 0.6) is 0 Å². The first-order chi connectivity index (χ1) is 8.95. The number of piperidine rings is 1. The molecule has 2 heteroatoms. The van der Waals surface area contributed by atoms with Crippen LogP contribution in [-0.4, -0.2) is 30.1 Å². The number of hydrogen-bond donors (Lipinski definition) is 1. The first kappa shape index (κ1) is 15.3. The first-order valence-corrected chi connectivity index (χ1v) is 8.40. The van der Waals surface area contributed by atoms with Crippen molar-refractivity contribution in [2.75, 3.05) is 19.6 Å². The number of nitrogens with two attached hydrogens (primary N) is 1. The van der Waals surface area contributed by atoms with E-state index in [1.807, 2.05) is 0 Å². The van der Waals surface area contributed by atoms with Gasteiger partial charge >= 0.3 is 0 Å². The maximum Gasteiger partial charge on any atom is 0.0382 e. The zero-order valence-electron chi connectivity index (χ0n) is 13.6. The van der Waals surface area contributed by atoms with E-state index in [1.165, 1.54) is 58.0 Å². The molecule has 0 aromatic heterocycles. The normalized spacial score (nSPS) is 34.6. The zero-order valence-corrected chi connectivity index (χ0v) is 13.6. The third kappa shape index (κ3) is 2.35. The Kier molecular flexibility index (Phi) is 4.32. The van der Waals surface area contributed by atoms with Gasteiger partial charge in [-0.3, -0.25) is 4.90 Å². The Balaban J connectivity index is 2.12. The summed E-state index contributed by atoms with van der Waals surface area (Å²) in [6, 6.07) is 0. The molecular formula is C17H34N2. The molecule has 2 nitrogen and oxygen atoms in total. The Hall–Kier alpha value is -0.0800. The highest BCUT2D eigenvalue weighted by Gasteiger charge is 2.52. The maximum absolute atomic E-state index is 6.27. The summed E-state index contributed by atoms with van der Waals surface area (Å²) in [5, 5.41) is 0. The molecule has 1 saturated heterocycles.